The van der Waals surface area contributed by atoms with E-state index in [4.69, 9.17) is 16.1 Å². The molecule has 0 saturated heterocycles. The van der Waals surface area contributed by atoms with Crippen LogP contribution in [-0.4, -0.2) is 16.8 Å². The number of para-hydroxylation sites is 1. The third-order valence-electron chi connectivity index (χ3n) is 4.13. The van der Waals surface area contributed by atoms with Crippen LogP contribution < -0.4 is 5.32 Å². The predicted molar refractivity (Wildman–Crippen MR) is 95.4 cm³/mol. The number of benzene rings is 2. The van der Waals surface area contributed by atoms with Gasteiger partial charge in [0.1, 0.15) is 5.69 Å². The van der Waals surface area contributed by atoms with Crippen LogP contribution in [0.15, 0.2) is 51.9 Å². The third kappa shape index (κ3) is 3.01. The first kappa shape index (κ1) is 15.5. The Bertz CT molecular complexity index is 909. The maximum Gasteiger partial charge on any atom is 0.226 e. The molecule has 1 aromatic heterocycles. The Morgan fingerprint density at radius 1 is 1.33 bits per heavy atom. The molecule has 1 unspecified atom stereocenters. The number of nitrogens with zero attached hydrogens (tertiary/aromatic N) is 1. The van der Waals surface area contributed by atoms with E-state index in [9.17, 15) is 4.79 Å². The number of carbonyl (C=O) groups excluding carboxylic acids is 1. The van der Waals surface area contributed by atoms with Gasteiger partial charge in [-0.05, 0) is 42.3 Å². The van der Waals surface area contributed by atoms with Crippen molar-refractivity contribution in [1.82, 2.24) is 10.5 Å². The van der Waals surface area contributed by atoms with E-state index in [0.29, 0.717) is 16.3 Å². The molecule has 4 nitrogen and oxygen atoms in total. The summed E-state index contributed by atoms with van der Waals surface area (Å²) in [5.74, 6) is 0.920. The number of rotatable bonds is 3. The zero-order valence-corrected chi connectivity index (χ0v) is 14.4. The molecule has 0 aliphatic carbocycles. The summed E-state index contributed by atoms with van der Waals surface area (Å²) in [6.45, 7) is 0. The number of hydrogen-bond acceptors (Lipinski definition) is 4. The molecule has 2 aromatic carbocycles. The fourth-order valence-electron chi connectivity index (χ4n) is 2.98. The molecule has 122 valence electrons. The van der Waals surface area contributed by atoms with Crippen molar-refractivity contribution < 1.29 is 9.32 Å². The van der Waals surface area contributed by atoms with Gasteiger partial charge in [-0.1, -0.05) is 28.9 Å². The van der Waals surface area contributed by atoms with Crippen LogP contribution >= 0.6 is 23.4 Å². The van der Waals surface area contributed by atoms with Crippen LogP contribution in [0.2, 0.25) is 5.02 Å². The number of hydrogen-bond donors (Lipinski definition) is 1. The van der Waals surface area contributed by atoms with Crippen LogP contribution in [-0.2, 0) is 11.2 Å². The van der Waals surface area contributed by atoms with E-state index in [1.807, 2.05) is 42.5 Å². The lowest BCUT2D eigenvalue weighted by molar-refractivity contribution is -0.121. The van der Waals surface area contributed by atoms with Crippen LogP contribution in [0.5, 0.6) is 0 Å². The highest BCUT2D eigenvalue weighted by Gasteiger charge is 2.23. The molecule has 1 amide bonds. The van der Waals surface area contributed by atoms with E-state index in [2.05, 4.69) is 10.5 Å². The summed E-state index contributed by atoms with van der Waals surface area (Å²) < 4.78 is 5.26. The summed E-state index contributed by atoms with van der Waals surface area (Å²) in [6, 6.07) is 13.4. The Morgan fingerprint density at radius 3 is 3.12 bits per heavy atom. The fourth-order valence-corrected chi connectivity index (χ4v) is 4.26. The van der Waals surface area contributed by atoms with E-state index in [1.54, 1.807) is 11.8 Å². The number of aromatic nitrogens is 1. The molecule has 0 radical (unpaired) electrons. The number of nitrogens with one attached hydrogen (secondary N) is 1. The van der Waals surface area contributed by atoms with Crippen molar-refractivity contribution in [2.75, 3.05) is 5.75 Å². The van der Waals surface area contributed by atoms with Gasteiger partial charge in [0.25, 0.3) is 0 Å². The number of halogens is 1. The monoisotopic (exact) mass is 358 g/mol. The number of amides is 1. The van der Waals surface area contributed by atoms with Gasteiger partial charge in [0, 0.05) is 21.1 Å². The minimum absolute atomic E-state index is 0.00869. The second-order valence-corrected chi connectivity index (χ2v) is 7.31. The molecule has 2 heterocycles. The molecular formula is C18H15ClN2O2S. The van der Waals surface area contributed by atoms with Crippen molar-refractivity contribution in [1.29, 1.82) is 0 Å². The van der Waals surface area contributed by atoms with Crippen LogP contribution in [0, 0.1) is 0 Å². The molecule has 1 atom stereocenters. The SMILES string of the molecule is O=C(Cc1noc2ccccc12)NC1CCSc2ccc(Cl)cc21. The van der Waals surface area contributed by atoms with Crippen molar-refractivity contribution in [2.45, 2.75) is 23.8 Å². The van der Waals surface area contributed by atoms with Crippen LogP contribution in [0.25, 0.3) is 11.0 Å². The lowest BCUT2D eigenvalue weighted by Gasteiger charge is -2.26. The first-order valence-corrected chi connectivity index (χ1v) is 9.12. The number of fused-ring (bicyclic) bond motifs is 2. The first-order chi connectivity index (χ1) is 11.7. The molecule has 0 spiro atoms. The Labute approximate surface area is 148 Å². The van der Waals surface area contributed by atoms with Crippen molar-refractivity contribution in [2.24, 2.45) is 0 Å². The van der Waals surface area contributed by atoms with Crippen molar-refractivity contribution in [3.05, 3.63) is 58.7 Å². The lowest BCUT2D eigenvalue weighted by atomic mass is 10.0. The van der Waals surface area contributed by atoms with Crippen LogP contribution in [0.4, 0.5) is 0 Å². The first-order valence-electron chi connectivity index (χ1n) is 7.75. The van der Waals surface area contributed by atoms with E-state index in [0.717, 1.165) is 23.1 Å². The third-order valence-corrected chi connectivity index (χ3v) is 5.48. The molecule has 1 aliphatic heterocycles. The Morgan fingerprint density at radius 2 is 2.21 bits per heavy atom. The minimum atomic E-state index is -0.0584. The maximum atomic E-state index is 12.5. The molecule has 3 aromatic rings. The van der Waals surface area contributed by atoms with Gasteiger partial charge in [-0.3, -0.25) is 4.79 Å². The zero-order valence-electron chi connectivity index (χ0n) is 12.8. The molecule has 0 fully saturated rings. The standard InChI is InChI=1S/C18H15ClN2O2S/c19-11-5-6-17-13(9-11)14(7-8-24-17)20-18(22)10-15-12-3-1-2-4-16(12)23-21-15/h1-6,9,14H,7-8,10H2,(H,20,22). The van der Waals surface area contributed by atoms with E-state index < -0.39 is 0 Å². The maximum absolute atomic E-state index is 12.5. The highest BCUT2D eigenvalue weighted by atomic mass is 35.5. The minimum Gasteiger partial charge on any atom is -0.356 e. The average molecular weight is 359 g/mol. The summed E-state index contributed by atoms with van der Waals surface area (Å²) >= 11 is 7.91. The molecule has 1 aliphatic rings. The molecular weight excluding hydrogens is 344 g/mol. The van der Waals surface area contributed by atoms with E-state index >= 15 is 0 Å². The van der Waals surface area contributed by atoms with Crippen molar-refractivity contribution in [3.8, 4) is 0 Å². The smallest absolute Gasteiger partial charge is 0.226 e. The highest BCUT2D eigenvalue weighted by molar-refractivity contribution is 7.99. The van der Waals surface area contributed by atoms with Gasteiger partial charge in [-0.2, -0.15) is 0 Å². The molecule has 0 saturated carbocycles. The van der Waals surface area contributed by atoms with Crippen molar-refractivity contribution >= 4 is 40.2 Å². The Balaban J connectivity index is 1.52. The lowest BCUT2D eigenvalue weighted by Crippen LogP contribution is -2.31. The Hall–Kier alpha value is -1.98. The van der Waals surface area contributed by atoms with Gasteiger partial charge in [0.2, 0.25) is 5.91 Å². The summed E-state index contributed by atoms with van der Waals surface area (Å²) in [6.07, 6.45) is 1.10. The van der Waals surface area contributed by atoms with E-state index in [-0.39, 0.29) is 18.4 Å². The molecule has 1 N–H and O–H groups in total. The largest absolute Gasteiger partial charge is 0.356 e. The zero-order chi connectivity index (χ0) is 16.5. The molecule has 24 heavy (non-hydrogen) atoms. The fraction of sp³-hybridized carbons (Fsp3) is 0.222. The van der Waals surface area contributed by atoms with Crippen LogP contribution in [0.1, 0.15) is 23.7 Å². The number of carbonyl (C=O) groups is 1. The van der Waals surface area contributed by atoms with Crippen LogP contribution in [0.3, 0.4) is 0 Å². The second kappa shape index (κ2) is 6.49. The summed E-state index contributed by atoms with van der Waals surface area (Å²) in [7, 11) is 0. The normalized spacial score (nSPS) is 16.8. The van der Waals surface area contributed by atoms with Gasteiger partial charge >= 0.3 is 0 Å². The molecule has 0 bridgehead atoms. The summed E-state index contributed by atoms with van der Waals surface area (Å²) in [5.41, 5.74) is 2.46. The van der Waals surface area contributed by atoms with Gasteiger partial charge in [0.15, 0.2) is 5.58 Å². The van der Waals surface area contributed by atoms with E-state index in [1.165, 1.54) is 4.90 Å². The topological polar surface area (TPSA) is 55.1 Å². The Kier molecular flexibility index (Phi) is 4.21. The summed E-state index contributed by atoms with van der Waals surface area (Å²) in [5, 5.41) is 8.72. The van der Waals surface area contributed by atoms with Gasteiger partial charge < -0.3 is 9.84 Å². The summed E-state index contributed by atoms with van der Waals surface area (Å²) in [4.78, 5) is 13.7. The average Bonchev–Trinajstić information content (AvgIpc) is 2.98. The highest BCUT2D eigenvalue weighted by Crippen LogP contribution is 2.37. The molecule has 4 rings (SSSR count). The predicted octanol–water partition coefficient (Wildman–Crippen LogP) is 4.38. The number of thioether (sulfide) groups is 1. The molecule has 6 heteroatoms. The van der Waals surface area contributed by atoms with Gasteiger partial charge in [0.05, 0.1) is 12.5 Å². The quantitative estimate of drug-likeness (QED) is 0.755. The van der Waals surface area contributed by atoms with Crippen molar-refractivity contribution in [3.63, 3.8) is 0 Å². The van der Waals surface area contributed by atoms with Gasteiger partial charge in [-0.25, -0.2) is 0 Å². The van der Waals surface area contributed by atoms with Gasteiger partial charge in [-0.15, -0.1) is 11.8 Å². The second-order valence-electron chi connectivity index (χ2n) is 5.74.